The molecule has 5 heteroatoms. The van der Waals surface area contributed by atoms with Gasteiger partial charge in [0.2, 0.25) is 0 Å². The molecule has 4 nitrogen and oxygen atoms in total. The van der Waals surface area contributed by atoms with Crippen molar-refractivity contribution in [2.45, 2.75) is 0 Å². The summed E-state index contributed by atoms with van der Waals surface area (Å²) in [5, 5.41) is 13.6. The molecule has 0 saturated carbocycles. The van der Waals surface area contributed by atoms with Crippen LogP contribution in [0.5, 0.6) is 0 Å². The number of carbonyl (C=O) groups excluding carboxylic acids is 1. The number of rotatable bonds is 3. The fourth-order valence-electron chi connectivity index (χ4n) is 2.42. The molecule has 2 N–H and O–H groups in total. The van der Waals surface area contributed by atoms with Crippen molar-refractivity contribution in [1.29, 1.82) is 0 Å². The fourth-order valence-corrected chi connectivity index (χ4v) is 2.69. The van der Waals surface area contributed by atoms with Crippen LogP contribution in [0.2, 0.25) is 0 Å². The molecule has 3 aromatic rings. The average molecular weight is 370 g/mol. The number of anilines is 1. The Balaban J connectivity index is 2.04. The van der Waals surface area contributed by atoms with Crippen LogP contribution in [0.25, 0.3) is 10.8 Å². The molecule has 0 aromatic heterocycles. The summed E-state index contributed by atoms with van der Waals surface area (Å²) < 4.78 is 0.896. The minimum atomic E-state index is -1.12. The number of hydrogen-bond acceptors (Lipinski definition) is 2. The molecule has 0 radical (unpaired) electrons. The van der Waals surface area contributed by atoms with Gasteiger partial charge in [0.1, 0.15) is 0 Å². The first-order valence-electron chi connectivity index (χ1n) is 6.88. The van der Waals surface area contributed by atoms with E-state index in [-0.39, 0.29) is 11.1 Å². The summed E-state index contributed by atoms with van der Waals surface area (Å²) in [4.78, 5) is 24.1. The van der Waals surface area contributed by atoms with Crippen molar-refractivity contribution in [2.75, 3.05) is 5.32 Å². The predicted molar refractivity (Wildman–Crippen MR) is 93.0 cm³/mol. The van der Waals surface area contributed by atoms with Crippen LogP contribution in [0, 0.1) is 0 Å². The van der Waals surface area contributed by atoms with Crippen molar-refractivity contribution in [3.8, 4) is 0 Å². The molecule has 3 rings (SSSR count). The van der Waals surface area contributed by atoms with Crippen LogP contribution in [0.15, 0.2) is 65.1 Å². The normalized spacial score (nSPS) is 10.5. The van der Waals surface area contributed by atoms with Crippen LogP contribution in [0.1, 0.15) is 20.7 Å². The van der Waals surface area contributed by atoms with Gasteiger partial charge in [0.15, 0.2) is 0 Å². The van der Waals surface area contributed by atoms with E-state index in [1.165, 1.54) is 0 Å². The van der Waals surface area contributed by atoms with Crippen molar-refractivity contribution in [1.82, 2.24) is 0 Å². The van der Waals surface area contributed by atoms with Gasteiger partial charge in [-0.25, -0.2) is 4.79 Å². The monoisotopic (exact) mass is 369 g/mol. The summed E-state index contributed by atoms with van der Waals surface area (Å²) in [7, 11) is 0. The van der Waals surface area contributed by atoms with Gasteiger partial charge in [0.25, 0.3) is 5.91 Å². The van der Waals surface area contributed by atoms with E-state index >= 15 is 0 Å². The summed E-state index contributed by atoms with van der Waals surface area (Å²) in [5.74, 6) is -1.57. The largest absolute Gasteiger partial charge is 0.478 e. The first-order chi connectivity index (χ1) is 11.1. The highest BCUT2D eigenvalue weighted by Crippen LogP contribution is 2.24. The highest BCUT2D eigenvalue weighted by molar-refractivity contribution is 9.10. The van der Waals surface area contributed by atoms with E-state index < -0.39 is 11.9 Å². The van der Waals surface area contributed by atoms with Crippen LogP contribution in [-0.2, 0) is 0 Å². The minimum absolute atomic E-state index is 0.0118. The van der Waals surface area contributed by atoms with E-state index in [4.69, 9.17) is 0 Å². The number of aromatic carboxylic acids is 1. The zero-order valence-electron chi connectivity index (χ0n) is 11.9. The molecular formula is C18H12BrNO3. The standard InChI is InChI=1S/C18H12BrNO3/c19-12-6-8-13(9-7-12)20-17(21)15-10-5-11-3-1-2-4-14(11)16(15)18(22)23/h1-10H,(H,20,21)(H,22,23). The van der Waals surface area contributed by atoms with Crippen LogP contribution >= 0.6 is 15.9 Å². The Kier molecular flexibility index (Phi) is 4.12. The number of carboxylic acids is 1. The highest BCUT2D eigenvalue weighted by Gasteiger charge is 2.19. The molecule has 0 heterocycles. The SMILES string of the molecule is O=C(Nc1ccc(Br)cc1)c1ccc2ccccc2c1C(=O)O. The summed E-state index contributed by atoms with van der Waals surface area (Å²) >= 11 is 3.32. The lowest BCUT2D eigenvalue weighted by atomic mass is 9.98. The Hall–Kier alpha value is -2.66. The molecule has 0 aliphatic carbocycles. The topological polar surface area (TPSA) is 66.4 Å². The lowest BCUT2D eigenvalue weighted by molar-refractivity contribution is 0.0695. The lowest BCUT2D eigenvalue weighted by Crippen LogP contribution is -2.16. The third-order valence-corrected chi connectivity index (χ3v) is 4.02. The molecule has 0 aliphatic heterocycles. The number of carbonyl (C=O) groups is 2. The second-order valence-corrected chi connectivity index (χ2v) is 5.89. The van der Waals surface area contributed by atoms with Crippen LogP contribution in [-0.4, -0.2) is 17.0 Å². The highest BCUT2D eigenvalue weighted by atomic mass is 79.9. The molecule has 0 unspecified atom stereocenters. The van der Waals surface area contributed by atoms with Gasteiger partial charge in [-0.3, -0.25) is 4.79 Å². The molecule has 0 atom stereocenters. The Morgan fingerprint density at radius 1 is 0.913 bits per heavy atom. The Bertz CT molecular complexity index is 904. The number of nitrogens with one attached hydrogen (secondary N) is 1. The fraction of sp³-hybridized carbons (Fsp3) is 0. The predicted octanol–water partition coefficient (Wildman–Crippen LogP) is 4.55. The number of benzene rings is 3. The number of hydrogen-bond donors (Lipinski definition) is 2. The van der Waals surface area contributed by atoms with Crippen LogP contribution < -0.4 is 5.32 Å². The first kappa shape index (κ1) is 15.2. The number of halogens is 1. The van der Waals surface area contributed by atoms with Gasteiger partial charge >= 0.3 is 5.97 Å². The molecule has 0 bridgehead atoms. The van der Waals surface area contributed by atoms with Crippen molar-refractivity contribution in [3.63, 3.8) is 0 Å². The zero-order chi connectivity index (χ0) is 16.4. The Labute approximate surface area is 140 Å². The van der Waals surface area contributed by atoms with Crippen molar-refractivity contribution < 1.29 is 14.7 Å². The molecule has 0 fully saturated rings. The molecular weight excluding hydrogens is 358 g/mol. The zero-order valence-corrected chi connectivity index (χ0v) is 13.5. The molecule has 114 valence electrons. The van der Waals surface area contributed by atoms with E-state index in [1.807, 2.05) is 12.1 Å². The number of carboxylic acid groups (broad SMARTS) is 1. The van der Waals surface area contributed by atoms with E-state index in [0.717, 1.165) is 9.86 Å². The maximum absolute atomic E-state index is 12.5. The minimum Gasteiger partial charge on any atom is -0.478 e. The van der Waals surface area contributed by atoms with E-state index in [0.29, 0.717) is 11.1 Å². The summed E-state index contributed by atoms with van der Waals surface area (Å²) in [6.07, 6.45) is 0. The van der Waals surface area contributed by atoms with Gasteiger partial charge in [0.05, 0.1) is 11.1 Å². The van der Waals surface area contributed by atoms with E-state index in [1.54, 1.807) is 48.5 Å². The molecule has 0 saturated heterocycles. The summed E-state index contributed by atoms with van der Waals surface area (Å²) in [5.41, 5.74) is 0.750. The van der Waals surface area contributed by atoms with Crippen molar-refractivity contribution >= 4 is 44.3 Å². The first-order valence-corrected chi connectivity index (χ1v) is 7.67. The Morgan fingerprint density at radius 3 is 2.30 bits per heavy atom. The molecule has 0 aliphatic rings. The van der Waals surface area contributed by atoms with E-state index in [2.05, 4.69) is 21.2 Å². The van der Waals surface area contributed by atoms with Gasteiger partial charge in [-0.05, 0) is 41.1 Å². The molecule has 23 heavy (non-hydrogen) atoms. The molecule has 3 aromatic carbocycles. The lowest BCUT2D eigenvalue weighted by Gasteiger charge is -2.10. The van der Waals surface area contributed by atoms with Gasteiger partial charge in [-0.1, -0.05) is 46.3 Å². The van der Waals surface area contributed by atoms with Crippen molar-refractivity contribution in [3.05, 3.63) is 76.3 Å². The van der Waals surface area contributed by atoms with Crippen LogP contribution in [0.3, 0.4) is 0 Å². The van der Waals surface area contributed by atoms with Crippen molar-refractivity contribution in [2.24, 2.45) is 0 Å². The number of amides is 1. The van der Waals surface area contributed by atoms with Crippen LogP contribution in [0.4, 0.5) is 5.69 Å². The molecule has 0 spiro atoms. The summed E-state index contributed by atoms with van der Waals surface area (Å²) in [6, 6.07) is 17.5. The third kappa shape index (κ3) is 3.10. The average Bonchev–Trinajstić information content (AvgIpc) is 2.55. The third-order valence-electron chi connectivity index (χ3n) is 3.49. The van der Waals surface area contributed by atoms with Gasteiger partial charge in [0, 0.05) is 10.2 Å². The van der Waals surface area contributed by atoms with Gasteiger partial charge in [-0.2, -0.15) is 0 Å². The van der Waals surface area contributed by atoms with Gasteiger partial charge in [-0.15, -0.1) is 0 Å². The molecule has 1 amide bonds. The number of fused-ring (bicyclic) bond motifs is 1. The quantitative estimate of drug-likeness (QED) is 0.711. The maximum atomic E-state index is 12.5. The van der Waals surface area contributed by atoms with E-state index in [9.17, 15) is 14.7 Å². The smallest absolute Gasteiger partial charge is 0.337 e. The second kappa shape index (κ2) is 6.22. The van der Waals surface area contributed by atoms with Gasteiger partial charge < -0.3 is 10.4 Å². The maximum Gasteiger partial charge on any atom is 0.337 e. The second-order valence-electron chi connectivity index (χ2n) is 4.98. The summed E-state index contributed by atoms with van der Waals surface area (Å²) in [6.45, 7) is 0. The Morgan fingerprint density at radius 2 is 1.61 bits per heavy atom.